The van der Waals surface area contributed by atoms with Gasteiger partial charge in [-0.1, -0.05) is 80.0 Å². The maximum atomic E-state index is 13.1. The van der Waals surface area contributed by atoms with Gasteiger partial charge in [-0.05, 0) is 59.7 Å². The molecule has 0 radical (unpaired) electrons. The van der Waals surface area contributed by atoms with Crippen molar-refractivity contribution in [2.75, 3.05) is 17.3 Å². The maximum Gasteiger partial charge on any atom is 0.343 e. The van der Waals surface area contributed by atoms with Gasteiger partial charge in [0.2, 0.25) is 0 Å². The maximum absolute atomic E-state index is 13.1. The smallest absolute Gasteiger partial charge is 0.343 e. The number of hydrogen-bond acceptors (Lipinski definition) is 6. The molecule has 0 saturated heterocycles. The van der Waals surface area contributed by atoms with Crippen LogP contribution in [0.3, 0.4) is 0 Å². The van der Waals surface area contributed by atoms with Crippen molar-refractivity contribution < 1.29 is 23.9 Å². The van der Waals surface area contributed by atoms with Crippen LogP contribution in [0.1, 0.15) is 35.3 Å². The van der Waals surface area contributed by atoms with E-state index in [2.05, 4.69) is 31.3 Å². The van der Waals surface area contributed by atoms with Gasteiger partial charge in [0.1, 0.15) is 22.2 Å². The van der Waals surface area contributed by atoms with Crippen molar-refractivity contribution in [2.24, 2.45) is 0 Å². The fraction of sp³-hybridized carbons (Fsp3) is 0.121. The second kappa shape index (κ2) is 11.3. The number of para-hydroxylation sites is 2. The Morgan fingerprint density at radius 2 is 1.39 bits per heavy atom. The normalized spacial score (nSPS) is 13.4. The predicted molar refractivity (Wildman–Crippen MR) is 158 cm³/mol. The van der Waals surface area contributed by atoms with Gasteiger partial charge >= 0.3 is 5.97 Å². The highest BCUT2D eigenvalue weighted by Gasteiger charge is 2.40. The summed E-state index contributed by atoms with van der Waals surface area (Å²) in [5.74, 6) is -1.03. The molecule has 0 bridgehead atoms. The molecule has 5 rings (SSSR count). The van der Waals surface area contributed by atoms with Gasteiger partial charge in [0, 0.05) is 11.1 Å². The SMILES string of the molecule is COc1ccccc1N1C(=O)C(Cl)=C(Nc2ccc(C(=O)Oc3ccc(C(C)(C)c4ccccc4)cc3)cc2)C1=O. The molecule has 1 aliphatic rings. The number of nitrogens with zero attached hydrogens (tertiary/aromatic N) is 1. The van der Waals surface area contributed by atoms with E-state index in [0.717, 1.165) is 10.5 Å². The van der Waals surface area contributed by atoms with Crippen molar-refractivity contribution in [3.63, 3.8) is 0 Å². The molecule has 0 fully saturated rings. The molecule has 1 N–H and O–H groups in total. The Morgan fingerprint density at radius 1 is 0.780 bits per heavy atom. The van der Waals surface area contributed by atoms with Crippen LogP contribution in [0.15, 0.2) is 114 Å². The first-order valence-electron chi connectivity index (χ1n) is 12.9. The monoisotopic (exact) mass is 566 g/mol. The molecule has 2 amide bonds. The number of nitrogens with one attached hydrogen (secondary N) is 1. The second-order valence-electron chi connectivity index (χ2n) is 9.91. The molecule has 7 nitrogen and oxygen atoms in total. The van der Waals surface area contributed by atoms with Crippen LogP contribution < -0.4 is 19.7 Å². The lowest BCUT2D eigenvalue weighted by Crippen LogP contribution is -2.32. The zero-order valence-electron chi connectivity index (χ0n) is 22.7. The van der Waals surface area contributed by atoms with Crippen LogP contribution in [0.5, 0.6) is 11.5 Å². The summed E-state index contributed by atoms with van der Waals surface area (Å²) in [4.78, 5) is 39.7. The summed E-state index contributed by atoms with van der Waals surface area (Å²) in [5.41, 5.74) is 3.06. The highest BCUT2D eigenvalue weighted by Crippen LogP contribution is 2.36. The summed E-state index contributed by atoms with van der Waals surface area (Å²) < 4.78 is 10.9. The largest absolute Gasteiger partial charge is 0.495 e. The summed E-state index contributed by atoms with van der Waals surface area (Å²) in [6.07, 6.45) is 0. The number of esters is 1. The summed E-state index contributed by atoms with van der Waals surface area (Å²) in [5, 5.41) is 2.65. The molecule has 0 atom stereocenters. The molecular formula is C33H27ClN2O5. The quantitative estimate of drug-likeness (QED) is 0.145. The summed E-state index contributed by atoms with van der Waals surface area (Å²) in [7, 11) is 1.45. The van der Waals surface area contributed by atoms with E-state index in [1.165, 1.54) is 12.7 Å². The molecule has 0 aliphatic carbocycles. The Labute approximate surface area is 243 Å². The van der Waals surface area contributed by atoms with Gasteiger partial charge in [-0.2, -0.15) is 0 Å². The fourth-order valence-corrected chi connectivity index (χ4v) is 4.82. The van der Waals surface area contributed by atoms with Crippen molar-refractivity contribution in [1.82, 2.24) is 0 Å². The zero-order chi connectivity index (χ0) is 29.1. The second-order valence-corrected chi connectivity index (χ2v) is 10.3. The first kappa shape index (κ1) is 27.7. The van der Waals surface area contributed by atoms with Gasteiger partial charge in [-0.3, -0.25) is 9.59 Å². The van der Waals surface area contributed by atoms with Crippen molar-refractivity contribution >= 4 is 40.8 Å². The van der Waals surface area contributed by atoms with E-state index in [4.69, 9.17) is 21.1 Å². The molecule has 0 spiro atoms. The Balaban J connectivity index is 1.25. The van der Waals surface area contributed by atoms with Crippen LogP contribution in [-0.4, -0.2) is 24.9 Å². The third-order valence-corrected chi connectivity index (χ3v) is 7.38. The summed E-state index contributed by atoms with van der Waals surface area (Å²) >= 11 is 6.25. The number of carbonyl (C=O) groups excluding carboxylic acids is 3. The highest BCUT2D eigenvalue weighted by molar-refractivity contribution is 6.53. The van der Waals surface area contributed by atoms with E-state index < -0.39 is 17.8 Å². The van der Waals surface area contributed by atoms with Crippen molar-refractivity contribution in [3.8, 4) is 11.5 Å². The first-order chi connectivity index (χ1) is 19.7. The number of amides is 2. The van der Waals surface area contributed by atoms with Crippen LogP contribution >= 0.6 is 11.6 Å². The van der Waals surface area contributed by atoms with E-state index in [9.17, 15) is 14.4 Å². The topological polar surface area (TPSA) is 84.9 Å². The van der Waals surface area contributed by atoms with Crippen LogP contribution in [-0.2, 0) is 15.0 Å². The predicted octanol–water partition coefficient (Wildman–Crippen LogP) is 6.68. The van der Waals surface area contributed by atoms with Gasteiger partial charge in [0.15, 0.2) is 0 Å². The van der Waals surface area contributed by atoms with Crippen molar-refractivity contribution in [3.05, 3.63) is 131 Å². The molecule has 4 aromatic rings. The number of hydrogen-bond donors (Lipinski definition) is 1. The van der Waals surface area contributed by atoms with Crippen LogP contribution in [0, 0.1) is 0 Å². The molecule has 1 heterocycles. The van der Waals surface area contributed by atoms with E-state index in [-0.39, 0.29) is 21.8 Å². The van der Waals surface area contributed by atoms with Crippen molar-refractivity contribution in [1.29, 1.82) is 0 Å². The number of halogens is 1. The van der Waals surface area contributed by atoms with E-state index in [1.54, 1.807) is 60.7 Å². The minimum Gasteiger partial charge on any atom is -0.495 e. The molecule has 0 unspecified atom stereocenters. The average Bonchev–Trinajstić information content (AvgIpc) is 3.20. The van der Waals surface area contributed by atoms with Crippen LogP contribution in [0.4, 0.5) is 11.4 Å². The molecule has 206 valence electrons. The Morgan fingerprint density at radius 3 is 2.05 bits per heavy atom. The molecule has 8 heteroatoms. The van der Waals surface area contributed by atoms with E-state index in [0.29, 0.717) is 22.7 Å². The van der Waals surface area contributed by atoms with Gasteiger partial charge in [-0.25, -0.2) is 9.69 Å². The molecule has 41 heavy (non-hydrogen) atoms. The number of carbonyl (C=O) groups is 3. The number of rotatable bonds is 8. The van der Waals surface area contributed by atoms with Crippen LogP contribution in [0.25, 0.3) is 0 Å². The number of methoxy groups -OCH3 is 1. The fourth-order valence-electron chi connectivity index (χ4n) is 4.61. The third-order valence-electron chi connectivity index (χ3n) is 7.03. The molecule has 0 aromatic heterocycles. The summed E-state index contributed by atoms with van der Waals surface area (Å²) in [6.45, 7) is 4.29. The third kappa shape index (κ3) is 5.44. The van der Waals surface area contributed by atoms with Crippen LogP contribution in [0.2, 0.25) is 0 Å². The number of imide groups is 1. The lowest BCUT2D eigenvalue weighted by Gasteiger charge is -2.26. The van der Waals surface area contributed by atoms with Crippen molar-refractivity contribution in [2.45, 2.75) is 19.3 Å². The lowest BCUT2D eigenvalue weighted by molar-refractivity contribution is -0.120. The van der Waals surface area contributed by atoms with E-state index >= 15 is 0 Å². The molecular weight excluding hydrogens is 540 g/mol. The Hall–Kier alpha value is -4.88. The Bertz CT molecular complexity index is 1650. The highest BCUT2D eigenvalue weighted by atomic mass is 35.5. The number of anilines is 2. The lowest BCUT2D eigenvalue weighted by atomic mass is 9.78. The number of benzene rings is 4. The minimum atomic E-state index is -0.665. The van der Waals surface area contributed by atoms with Gasteiger partial charge in [0.25, 0.3) is 11.8 Å². The number of ether oxygens (including phenoxy) is 2. The molecule has 1 aliphatic heterocycles. The molecule has 4 aromatic carbocycles. The zero-order valence-corrected chi connectivity index (χ0v) is 23.4. The first-order valence-corrected chi connectivity index (χ1v) is 13.3. The minimum absolute atomic E-state index is 0.0728. The van der Waals surface area contributed by atoms with Gasteiger partial charge in [0.05, 0.1) is 18.4 Å². The Kier molecular flexibility index (Phi) is 7.64. The standard InChI is InChI=1S/C33H27ClN2O5/c1-33(2,22-9-5-4-6-10-22)23-15-19-25(20-16-23)41-32(39)21-13-17-24(18-14-21)35-29-28(34)30(37)36(31(29)38)26-11-7-8-12-27(26)40-3/h4-20,35H,1-3H3. The van der Waals surface area contributed by atoms with Gasteiger partial charge in [-0.15, -0.1) is 0 Å². The molecule has 0 saturated carbocycles. The van der Waals surface area contributed by atoms with Gasteiger partial charge < -0.3 is 14.8 Å². The van der Waals surface area contributed by atoms with E-state index in [1.807, 2.05) is 30.3 Å². The average molecular weight is 567 g/mol. The summed E-state index contributed by atoms with van der Waals surface area (Å²) in [6, 6.07) is 30.6.